The third-order valence-electron chi connectivity index (χ3n) is 1.88. The summed E-state index contributed by atoms with van der Waals surface area (Å²) in [7, 11) is 0. The van der Waals surface area contributed by atoms with Gasteiger partial charge >= 0.3 is 0 Å². The van der Waals surface area contributed by atoms with E-state index in [4.69, 9.17) is 5.73 Å². The first-order valence-electron chi connectivity index (χ1n) is 4.67. The van der Waals surface area contributed by atoms with Crippen molar-refractivity contribution in [3.8, 4) is 0 Å². The van der Waals surface area contributed by atoms with Gasteiger partial charge in [0.25, 0.3) is 0 Å². The van der Waals surface area contributed by atoms with Crippen molar-refractivity contribution < 1.29 is 9.90 Å². The van der Waals surface area contributed by atoms with Crippen molar-refractivity contribution in [2.75, 3.05) is 18.6 Å². The summed E-state index contributed by atoms with van der Waals surface area (Å²) in [5.41, 5.74) is 4.66. The van der Waals surface area contributed by atoms with Crippen LogP contribution in [0, 0.1) is 0 Å². The molecule has 0 radical (unpaired) electrons. The Labute approximate surface area is 89.6 Å². The Kier molecular flexibility index (Phi) is 6.15. The van der Waals surface area contributed by atoms with Crippen LogP contribution in [0.25, 0.3) is 0 Å². The second-order valence-electron chi connectivity index (χ2n) is 3.66. The van der Waals surface area contributed by atoms with Crippen molar-refractivity contribution in [2.24, 2.45) is 5.73 Å². The summed E-state index contributed by atoms with van der Waals surface area (Å²) in [6.07, 6.45) is 2.52. The molecule has 0 aromatic heterocycles. The molecule has 2 atom stereocenters. The average molecular weight is 220 g/mol. The summed E-state index contributed by atoms with van der Waals surface area (Å²) in [5, 5.41) is 12.4. The lowest BCUT2D eigenvalue weighted by atomic mass is 10.1. The van der Waals surface area contributed by atoms with Gasteiger partial charge in [-0.2, -0.15) is 11.8 Å². The number of aliphatic hydroxyl groups is 1. The van der Waals surface area contributed by atoms with Gasteiger partial charge in [-0.15, -0.1) is 0 Å². The molecule has 0 saturated carbocycles. The Morgan fingerprint density at radius 1 is 1.71 bits per heavy atom. The summed E-state index contributed by atoms with van der Waals surface area (Å²) in [6.45, 7) is 3.80. The van der Waals surface area contributed by atoms with Gasteiger partial charge in [-0.1, -0.05) is 6.92 Å². The van der Waals surface area contributed by atoms with Crippen molar-refractivity contribution in [3.63, 3.8) is 0 Å². The largest absolute Gasteiger partial charge is 0.387 e. The summed E-state index contributed by atoms with van der Waals surface area (Å²) in [4.78, 5) is 11.3. The molecule has 5 heteroatoms. The number of nitrogens with two attached hydrogens (primary N) is 1. The average Bonchev–Trinajstić information content (AvgIpc) is 2.13. The molecule has 0 saturated heterocycles. The van der Waals surface area contributed by atoms with E-state index in [0.717, 1.165) is 0 Å². The van der Waals surface area contributed by atoms with E-state index in [-0.39, 0.29) is 12.5 Å². The molecule has 0 fully saturated rings. The minimum absolute atomic E-state index is 0.200. The zero-order valence-corrected chi connectivity index (χ0v) is 9.86. The number of hydrogen-bond donors (Lipinski definition) is 3. The second-order valence-corrected chi connectivity index (χ2v) is 4.53. The Balaban J connectivity index is 3.87. The second kappa shape index (κ2) is 6.27. The van der Waals surface area contributed by atoms with Gasteiger partial charge in [0.1, 0.15) is 0 Å². The zero-order valence-electron chi connectivity index (χ0n) is 9.04. The molecule has 0 aliphatic rings. The molecular formula is C9H20N2O2S. The predicted octanol–water partition coefficient (Wildman–Crippen LogP) is -0.0461. The predicted molar refractivity (Wildman–Crippen MR) is 60.3 cm³/mol. The molecule has 0 aromatic rings. The van der Waals surface area contributed by atoms with Crippen LogP contribution in [0.3, 0.4) is 0 Å². The van der Waals surface area contributed by atoms with Gasteiger partial charge in [0.05, 0.1) is 11.6 Å². The third kappa shape index (κ3) is 5.47. The Morgan fingerprint density at radius 3 is 2.71 bits per heavy atom. The molecule has 2 unspecified atom stereocenters. The molecule has 0 spiro atoms. The molecule has 0 aliphatic heterocycles. The SMILES string of the molecule is CCC(N)C(=O)NCC(C)(O)CSC. The van der Waals surface area contributed by atoms with Gasteiger partial charge in [-0.3, -0.25) is 4.79 Å². The molecular weight excluding hydrogens is 200 g/mol. The maximum absolute atomic E-state index is 11.3. The van der Waals surface area contributed by atoms with Gasteiger partial charge in [0.2, 0.25) is 5.91 Å². The Morgan fingerprint density at radius 2 is 2.29 bits per heavy atom. The van der Waals surface area contributed by atoms with Gasteiger partial charge in [0.15, 0.2) is 0 Å². The van der Waals surface area contributed by atoms with E-state index in [0.29, 0.717) is 12.2 Å². The molecule has 0 bridgehead atoms. The van der Waals surface area contributed by atoms with Crippen LogP contribution in [-0.4, -0.2) is 41.2 Å². The number of rotatable bonds is 6. The number of hydrogen-bond acceptors (Lipinski definition) is 4. The van der Waals surface area contributed by atoms with Crippen LogP contribution >= 0.6 is 11.8 Å². The van der Waals surface area contributed by atoms with Crippen LogP contribution in [0.4, 0.5) is 0 Å². The highest BCUT2D eigenvalue weighted by Crippen LogP contribution is 2.08. The highest BCUT2D eigenvalue weighted by atomic mass is 32.2. The van der Waals surface area contributed by atoms with E-state index in [1.54, 1.807) is 18.7 Å². The monoisotopic (exact) mass is 220 g/mol. The van der Waals surface area contributed by atoms with Gasteiger partial charge < -0.3 is 16.2 Å². The normalized spacial score (nSPS) is 17.2. The van der Waals surface area contributed by atoms with Crippen molar-refractivity contribution >= 4 is 17.7 Å². The molecule has 14 heavy (non-hydrogen) atoms. The Bertz CT molecular complexity index is 186. The van der Waals surface area contributed by atoms with Crippen LogP contribution in [-0.2, 0) is 4.79 Å². The fourth-order valence-corrected chi connectivity index (χ4v) is 1.68. The van der Waals surface area contributed by atoms with E-state index in [1.807, 2.05) is 13.2 Å². The molecule has 84 valence electrons. The van der Waals surface area contributed by atoms with Gasteiger partial charge in [0, 0.05) is 12.3 Å². The van der Waals surface area contributed by atoms with E-state index < -0.39 is 11.6 Å². The summed E-state index contributed by atoms with van der Waals surface area (Å²) in [5.74, 6) is 0.392. The fraction of sp³-hybridized carbons (Fsp3) is 0.889. The molecule has 0 aliphatic carbocycles. The zero-order chi connectivity index (χ0) is 11.2. The van der Waals surface area contributed by atoms with Gasteiger partial charge in [-0.25, -0.2) is 0 Å². The lowest BCUT2D eigenvalue weighted by Gasteiger charge is -2.23. The highest BCUT2D eigenvalue weighted by Gasteiger charge is 2.21. The van der Waals surface area contributed by atoms with Crippen LogP contribution < -0.4 is 11.1 Å². The van der Waals surface area contributed by atoms with Crippen LogP contribution in [0.5, 0.6) is 0 Å². The topological polar surface area (TPSA) is 75.4 Å². The molecule has 4 nitrogen and oxygen atoms in total. The standard InChI is InChI=1S/C9H20N2O2S/c1-4-7(10)8(12)11-5-9(2,13)6-14-3/h7,13H,4-6,10H2,1-3H3,(H,11,12). The number of carbonyl (C=O) groups excluding carboxylic acids is 1. The molecule has 1 amide bonds. The van der Waals surface area contributed by atoms with Crippen molar-refractivity contribution in [3.05, 3.63) is 0 Å². The summed E-state index contributed by atoms with van der Waals surface area (Å²) >= 11 is 1.54. The fourth-order valence-electron chi connectivity index (χ4n) is 0.956. The van der Waals surface area contributed by atoms with E-state index in [1.165, 1.54) is 0 Å². The summed E-state index contributed by atoms with van der Waals surface area (Å²) < 4.78 is 0. The number of nitrogens with one attached hydrogen (secondary N) is 1. The van der Waals surface area contributed by atoms with E-state index >= 15 is 0 Å². The van der Waals surface area contributed by atoms with Crippen molar-refractivity contribution in [1.82, 2.24) is 5.32 Å². The van der Waals surface area contributed by atoms with E-state index in [9.17, 15) is 9.90 Å². The molecule has 4 N–H and O–H groups in total. The molecule has 0 rings (SSSR count). The molecule has 0 heterocycles. The lowest BCUT2D eigenvalue weighted by molar-refractivity contribution is -0.123. The quantitative estimate of drug-likeness (QED) is 0.587. The van der Waals surface area contributed by atoms with E-state index in [2.05, 4.69) is 5.32 Å². The lowest BCUT2D eigenvalue weighted by Crippen LogP contribution is -2.47. The first-order valence-corrected chi connectivity index (χ1v) is 6.07. The van der Waals surface area contributed by atoms with Crippen LogP contribution in [0.2, 0.25) is 0 Å². The number of carbonyl (C=O) groups is 1. The number of thioether (sulfide) groups is 1. The van der Waals surface area contributed by atoms with Crippen molar-refractivity contribution in [1.29, 1.82) is 0 Å². The Hall–Kier alpha value is -0.260. The molecule has 0 aromatic carbocycles. The van der Waals surface area contributed by atoms with Crippen molar-refractivity contribution in [2.45, 2.75) is 31.9 Å². The van der Waals surface area contributed by atoms with Gasteiger partial charge in [-0.05, 0) is 19.6 Å². The minimum Gasteiger partial charge on any atom is -0.387 e. The first kappa shape index (κ1) is 13.7. The van der Waals surface area contributed by atoms with Crippen LogP contribution in [0.1, 0.15) is 20.3 Å². The first-order chi connectivity index (χ1) is 6.43. The highest BCUT2D eigenvalue weighted by molar-refractivity contribution is 7.98. The maximum Gasteiger partial charge on any atom is 0.237 e. The van der Waals surface area contributed by atoms with Crippen LogP contribution in [0.15, 0.2) is 0 Å². The third-order valence-corrected chi connectivity index (χ3v) is 2.79. The smallest absolute Gasteiger partial charge is 0.237 e. The summed E-state index contributed by atoms with van der Waals surface area (Å²) in [6, 6.07) is -0.472. The minimum atomic E-state index is -0.859. The number of amides is 1. The maximum atomic E-state index is 11.3.